The van der Waals surface area contributed by atoms with Crippen molar-refractivity contribution in [3.05, 3.63) is 182 Å². The molecule has 0 aliphatic rings. The molecule has 0 spiro atoms. The Morgan fingerprint density at radius 2 is 0.895 bits per heavy atom. The molecule has 0 radical (unpaired) electrons. The number of hydrogen-bond donors (Lipinski definition) is 0. The van der Waals surface area contributed by atoms with Gasteiger partial charge >= 0.3 is 0 Å². The average Bonchev–Trinajstić information content (AvgIpc) is 3.95. The van der Waals surface area contributed by atoms with Gasteiger partial charge < -0.3 is 8.98 Å². The Morgan fingerprint density at radius 3 is 1.63 bits per heavy atom. The van der Waals surface area contributed by atoms with Crippen LogP contribution >= 0.6 is 11.3 Å². The summed E-state index contributed by atoms with van der Waals surface area (Å²) in [7, 11) is 0. The number of thiophene rings is 1. The molecule has 0 amide bonds. The largest absolute Gasteiger partial charge is 0.456 e. The maximum absolute atomic E-state index is 6.49. The van der Waals surface area contributed by atoms with E-state index in [0.29, 0.717) is 17.5 Å². The molecule has 0 aliphatic carbocycles. The van der Waals surface area contributed by atoms with Crippen LogP contribution in [0.1, 0.15) is 0 Å². The molecule has 0 aliphatic heterocycles. The van der Waals surface area contributed by atoms with Gasteiger partial charge in [0.2, 0.25) is 0 Å². The molecule has 4 heterocycles. The second kappa shape index (κ2) is 12.6. The SMILES string of the molecule is c1ccc(-c2nc(-c3ccc(-n4c5ccccc5c5ccccc54)cc3)nc(-c3ccc4c(c3)oc3ccc(-c5ccc6sc7ccccc7c6c5)cc34)n2)cc1. The topological polar surface area (TPSA) is 56.7 Å². The quantitative estimate of drug-likeness (QED) is 0.176. The first kappa shape index (κ1) is 31.9. The van der Waals surface area contributed by atoms with Gasteiger partial charge in [0.15, 0.2) is 17.5 Å². The maximum Gasteiger partial charge on any atom is 0.164 e. The van der Waals surface area contributed by atoms with E-state index in [2.05, 4.69) is 156 Å². The van der Waals surface area contributed by atoms with E-state index in [1.54, 1.807) is 0 Å². The van der Waals surface area contributed by atoms with Gasteiger partial charge in [-0.1, -0.05) is 103 Å². The standard InChI is InChI=1S/C51H30N4OS/c1-2-10-31(11-3-1)49-52-50(32-18-23-36(24-19-32)55-43-15-7-4-12-37(43)38-13-5-8-16-44(38)55)54-51(53-49)35-20-25-39-41-28-33(21-26-45(41)56-46(39)30-35)34-22-27-48-42(29-34)40-14-6-9-17-47(40)57-48/h1-30H. The number of nitrogens with zero attached hydrogens (tertiary/aromatic N) is 4. The molecule has 0 saturated heterocycles. The van der Waals surface area contributed by atoms with Crippen LogP contribution in [0.5, 0.6) is 0 Å². The van der Waals surface area contributed by atoms with Crippen molar-refractivity contribution in [1.82, 2.24) is 19.5 Å². The van der Waals surface area contributed by atoms with E-state index in [-0.39, 0.29) is 0 Å². The van der Waals surface area contributed by atoms with E-state index in [9.17, 15) is 0 Å². The van der Waals surface area contributed by atoms with Crippen LogP contribution in [0.4, 0.5) is 0 Å². The predicted molar refractivity (Wildman–Crippen MR) is 236 cm³/mol. The number of para-hydroxylation sites is 2. The highest BCUT2D eigenvalue weighted by Gasteiger charge is 2.17. The Hall–Kier alpha value is -7.41. The fraction of sp³-hybridized carbons (Fsp3) is 0. The van der Waals surface area contributed by atoms with E-state index in [4.69, 9.17) is 19.4 Å². The molecule has 4 aromatic heterocycles. The molecule has 57 heavy (non-hydrogen) atoms. The van der Waals surface area contributed by atoms with Gasteiger partial charge in [0.05, 0.1) is 11.0 Å². The van der Waals surface area contributed by atoms with Crippen molar-refractivity contribution in [2.24, 2.45) is 0 Å². The van der Waals surface area contributed by atoms with Crippen molar-refractivity contribution < 1.29 is 4.42 Å². The monoisotopic (exact) mass is 746 g/mol. The Labute approximate surface area is 330 Å². The zero-order chi connectivity index (χ0) is 37.5. The third kappa shape index (κ3) is 5.19. The van der Waals surface area contributed by atoms with Crippen LogP contribution in [-0.2, 0) is 0 Å². The van der Waals surface area contributed by atoms with Crippen LogP contribution in [-0.4, -0.2) is 19.5 Å². The Balaban J connectivity index is 0.943. The van der Waals surface area contributed by atoms with E-state index in [1.807, 2.05) is 41.7 Å². The number of rotatable bonds is 5. The van der Waals surface area contributed by atoms with Gasteiger partial charge in [-0.25, -0.2) is 15.0 Å². The second-order valence-corrected chi connectivity index (χ2v) is 15.5. The fourth-order valence-electron chi connectivity index (χ4n) is 8.31. The first-order valence-electron chi connectivity index (χ1n) is 19.0. The highest BCUT2D eigenvalue weighted by Crippen LogP contribution is 2.39. The second-order valence-electron chi connectivity index (χ2n) is 14.4. The summed E-state index contributed by atoms with van der Waals surface area (Å²) < 4.78 is 11.4. The van der Waals surface area contributed by atoms with Crippen LogP contribution < -0.4 is 0 Å². The summed E-state index contributed by atoms with van der Waals surface area (Å²) in [5.74, 6) is 1.81. The lowest BCUT2D eigenvalue weighted by Gasteiger charge is -2.11. The molecule has 5 nitrogen and oxygen atoms in total. The summed E-state index contributed by atoms with van der Waals surface area (Å²) >= 11 is 1.84. The lowest BCUT2D eigenvalue weighted by atomic mass is 10.0. The average molecular weight is 747 g/mol. The minimum Gasteiger partial charge on any atom is -0.456 e. The summed E-state index contributed by atoms with van der Waals surface area (Å²) in [6, 6.07) is 63.9. The van der Waals surface area contributed by atoms with Gasteiger partial charge in [-0.15, -0.1) is 11.3 Å². The van der Waals surface area contributed by atoms with Crippen LogP contribution in [0.25, 0.3) is 115 Å². The van der Waals surface area contributed by atoms with Crippen LogP contribution in [0.2, 0.25) is 0 Å². The molecule has 0 N–H and O–H groups in total. The Bertz CT molecular complexity index is 3470. The number of hydrogen-bond acceptors (Lipinski definition) is 5. The molecular formula is C51H30N4OS. The van der Waals surface area contributed by atoms with Gasteiger partial charge in [0.25, 0.3) is 0 Å². The summed E-state index contributed by atoms with van der Waals surface area (Å²) in [5.41, 5.74) is 10.1. The smallest absolute Gasteiger partial charge is 0.164 e. The molecule has 0 atom stereocenters. The molecule has 0 saturated carbocycles. The molecule has 266 valence electrons. The third-order valence-corrected chi connectivity index (χ3v) is 12.2. The summed E-state index contributed by atoms with van der Waals surface area (Å²) in [6.07, 6.45) is 0. The summed E-state index contributed by atoms with van der Waals surface area (Å²) in [4.78, 5) is 15.1. The lowest BCUT2D eigenvalue weighted by molar-refractivity contribution is 0.669. The summed E-state index contributed by atoms with van der Waals surface area (Å²) in [5, 5.41) is 7.19. The first-order valence-corrected chi connectivity index (χ1v) is 19.8. The van der Waals surface area contributed by atoms with Crippen molar-refractivity contribution in [3.63, 3.8) is 0 Å². The van der Waals surface area contributed by atoms with Crippen LogP contribution in [0, 0.1) is 0 Å². The normalized spacial score (nSPS) is 11.9. The Kier molecular flexibility index (Phi) is 7.03. The van der Waals surface area contributed by atoms with Crippen molar-refractivity contribution in [2.45, 2.75) is 0 Å². The predicted octanol–water partition coefficient (Wildman–Crippen LogP) is 13.9. The Morgan fingerprint density at radius 1 is 0.351 bits per heavy atom. The van der Waals surface area contributed by atoms with Gasteiger partial charge in [-0.2, -0.15) is 0 Å². The zero-order valence-electron chi connectivity index (χ0n) is 30.4. The lowest BCUT2D eigenvalue weighted by Crippen LogP contribution is -2.00. The van der Waals surface area contributed by atoms with E-state index < -0.39 is 0 Å². The van der Waals surface area contributed by atoms with Crippen molar-refractivity contribution in [3.8, 4) is 51.0 Å². The fourth-order valence-corrected chi connectivity index (χ4v) is 9.40. The first-order chi connectivity index (χ1) is 28.2. The van der Waals surface area contributed by atoms with Crippen molar-refractivity contribution in [2.75, 3.05) is 0 Å². The number of benzene rings is 8. The molecule has 0 unspecified atom stereocenters. The van der Waals surface area contributed by atoms with E-state index in [0.717, 1.165) is 49.9 Å². The van der Waals surface area contributed by atoms with Gasteiger partial charge in [0, 0.05) is 64.1 Å². The molecule has 0 bridgehead atoms. The maximum atomic E-state index is 6.49. The molecular weight excluding hydrogens is 717 g/mol. The van der Waals surface area contributed by atoms with Crippen molar-refractivity contribution in [1.29, 1.82) is 0 Å². The van der Waals surface area contributed by atoms with Gasteiger partial charge in [-0.3, -0.25) is 0 Å². The van der Waals surface area contributed by atoms with E-state index in [1.165, 1.54) is 47.5 Å². The minimum absolute atomic E-state index is 0.588. The van der Waals surface area contributed by atoms with Crippen LogP contribution in [0.15, 0.2) is 186 Å². The molecule has 8 aromatic carbocycles. The van der Waals surface area contributed by atoms with Crippen molar-refractivity contribution >= 4 is 75.3 Å². The highest BCUT2D eigenvalue weighted by atomic mass is 32.1. The molecule has 0 fully saturated rings. The molecule has 12 aromatic rings. The van der Waals surface area contributed by atoms with Gasteiger partial charge in [-0.05, 0) is 90.0 Å². The minimum atomic E-state index is 0.588. The van der Waals surface area contributed by atoms with Crippen LogP contribution in [0.3, 0.4) is 0 Å². The third-order valence-electron chi connectivity index (χ3n) is 11.1. The van der Waals surface area contributed by atoms with Gasteiger partial charge in [0.1, 0.15) is 11.2 Å². The molecule has 12 rings (SSSR count). The molecule has 6 heteroatoms. The zero-order valence-corrected chi connectivity index (χ0v) is 31.2. The number of aromatic nitrogens is 4. The summed E-state index contributed by atoms with van der Waals surface area (Å²) in [6.45, 7) is 0. The number of furan rings is 1. The van der Waals surface area contributed by atoms with E-state index >= 15 is 0 Å². The number of fused-ring (bicyclic) bond motifs is 9. The highest BCUT2D eigenvalue weighted by molar-refractivity contribution is 7.25.